The summed E-state index contributed by atoms with van der Waals surface area (Å²) < 4.78 is 5.19. The van der Waals surface area contributed by atoms with Gasteiger partial charge in [-0.1, -0.05) is 12.2 Å². The molecule has 6 heteroatoms. The lowest BCUT2D eigenvalue weighted by molar-refractivity contribution is -0.148. The molecule has 0 aromatic heterocycles. The summed E-state index contributed by atoms with van der Waals surface area (Å²) in [6.45, 7) is 1.98. The third-order valence-corrected chi connectivity index (χ3v) is 4.26. The Hall–Kier alpha value is -1.69. The van der Waals surface area contributed by atoms with Gasteiger partial charge in [0.05, 0.1) is 25.0 Å². The monoisotopic (exact) mass is 278 g/mol. The lowest BCUT2D eigenvalue weighted by atomic mass is 9.85. The Morgan fingerprint density at radius 1 is 1.10 bits per heavy atom. The van der Waals surface area contributed by atoms with E-state index in [4.69, 9.17) is 4.74 Å². The molecule has 20 heavy (non-hydrogen) atoms. The van der Waals surface area contributed by atoms with Gasteiger partial charge in [-0.3, -0.25) is 19.3 Å². The van der Waals surface area contributed by atoms with Crippen molar-refractivity contribution < 1.29 is 19.1 Å². The molecule has 2 fully saturated rings. The second-order valence-electron chi connectivity index (χ2n) is 5.41. The van der Waals surface area contributed by atoms with Gasteiger partial charge in [-0.25, -0.2) is 0 Å². The molecular weight excluding hydrogens is 260 g/mol. The molecule has 1 aliphatic carbocycles. The highest BCUT2D eigenvalue weighted by Crippen LogP contribution is 2.34. The highest BCUT2D eigenvalue weighted by Gasteiger charge is 2.47. The molecular formula is C14H18N2O4. The van der Waals surface area contributed by atoms with E-state index in [1.807, 2.05) is 12.2 Å². The SMILES string of the molecule is O=C(CN1C(=O)[C@@H]2CC=CC[C@H]2C1=O)N1CCOCC1. The molecule has 3 amide bonds. The first-order chi connectivity index (χ1) is 9.68. The standard InChI is InChI=1S/C14H18N2O4/c17-12(15-5-7-20-8-6-15)9-16-13(18)10-3-1-2-4-11(10)14(16)19/h1-2,10-11H,3-9H2/t10-,11-/m1/s1. The number of hydrogen-bond acceptors (Lipinski definition) is 4. The molecule has 2 atom stereocenters. The lowest BCUT2D eigenvalue weighted by Crippen LogP contribution is -2.47. The Morgan fingerprint density at radius 3 is 2.20 bits per heavy atom. The Balaban J connectivity index is 1.66. The quantitative estimate of drug-likeness (QED) is 0.518. The lowest BCUT2D eigenvalue weighted by Gasteiger charge is -2.28. The fourth-order valence-corrected chi connectivity index (χ4v) is 3.07. The van der Waals surface area contributed by atoms with Crippen molar-refractivity contribution in [3.63, 3.8) is 0 Å². The van der Waals surface area contributed by atoms with Gasteiger partial charge in [0.25, 0.3) is 0 Å². The van der Waals surface area contributed by atoms with Crippen LogP contribution in [0.5, 0.6) is 0 Å². The molecule has 3 rings (SSSR count). The first-order valence-corrected chi connectivity index (χ1v) is 7.04. The maximum atomic E-state index is 12.2. The number of rotatable bonds is 2. The van der Waals surface area contributed by atoms with Crippen LogP contribution in [0.1, 0.15) is 12.8 Å². The van der Waals surface area contributed by atoms with E-state index in [1.54, 1.807) is 4.90 Å². The fraction of sp³-hybridized carbons (Fsp3) is 0.643. The van der Waals surface area contributed by atoms with Gasteiger partial charge >= 0.3 is 0 Å². The van der Waals surface area contributed by atoms with Gasteiger partial charge in [0, 0.05) is 13.1 Å². The van der Waals surface area contributed by atoms with Crippen LogP contribution in [0, 0.1) is 11.8 Å². The topological polar surface area (TPSA) is 66.9 Å². The van der Waals surface area contributed by atoms with Crippen molar-refractivity contribution in [2.24, 2.45) is 11.8 Å². The number of carbonyl (C=O) groups excluding carboxylic acids is 3. The number of hydrogen-bond donors (Lipinski definition) is 0. The summed E-state index contributed by atoms with van der Waals surface area (Å²) in [5, 5.41) is 0. The average Bonchev–Trinajstić information content (AvgIpc) is 2.74. The largest absolute Gasteiger partial charge is 0.378 e. The van der Waals surface area contributed by atoms with Gasteiger partial charge in [0.2, 0.25) is 17.7 Å². The molecule has 0 spiro atoms. The summed E-state index contributed by atoms with van der Waals surface area (Å²) in [6.07, 6.45) is 5.11. The predicted octanol–water partition coefficient (Wildman–Crippen LogP) is -0.204. The number of carbonyl (C=O) groups is 3. The molecule has 2 aliphatic heterocycles. The molecule has 2 heterocycles. The number of imide groups is 1. The zero-order chi connectivity index (χ0) is 14.1. The Kier molecular flexibility index (Phi) is 3.56. The van der Waals surface area contributed by atoms with Crippen LogP contribution in [0.15, 0.2) is 12.2 Å². The van der Waals surface area contributed by atoms with Crippen molar-refractivity contribution in [2.45, 2.75) is 12.8 Å². The number of morpholine rings is 1. The second-order valence-corrected chi connectivity index (χ2v) is 5.41. The predicted molar refractivity (Wildman–Crippen MR) is 69.5 cm³/mol. The molecule has 3 aliphatic rings. The number of allylic oxidation sites excluding steroid dienone is 2. The maximum Gasteiger partial charge on any atom is 0.242 e. The van der Waals surface area contributed by atoms with Gasteiger partial charge in [-0.05, 0) is 12.8 Å². The summed E-state index contributed by atoms with van der Waals surface area (Å²) >= 11 is 0. The van der Waals surface area contributed by atoms with Gasteiger partial charge in [-0.15, -0.1) is 0 Å². The normalized spacial score (nSPS) is 29.8. The second kappa shape index (κ2) is 5.36. The molecule has 0 saturated carbocycles. The van der Waals surface area contributed by atoms with E-state index < -0.39 is 0 Å². The van der Waals surface area contributed by atoms with E-state index >= 15 is 0 Å². The van der Waals surface area contributed by atoms with Crippen LogP contribution in [0.25, 0.3) is 0 Å². The van der Waals surface area contributed by atoms with Crippen molar-refractivity contribution in [1.29, 1.82) is 0 Å². The summed E-state index contributed by atoms with van der Waals surface area (Å²) in [5.74, 6) is -1.06. The summed E-state index contributed by atoms with van der Waals surface area (Å²) in [4.78, 5) is 39.5. The summed E-state index contributed by atoms with van der Waals surface area (Å²) in [5.41, 5.74) is 0. The number of fused-ring (bicyclic) bond motifs is 1. The van der Waals surface area contributed by atoms with Crippen molar-refractivity contribution in [1.82, 2.24) is 9.80 Å². The first kappa shape index (κ1) is 13.3. The van der Waals surface area contributed by atoms with E-state index in [1.165, 1.54) is 0 Å². The van der Waals surface area contributed by atoms with E-state index in [0.29, 0.717) is 39.1 Å². The average molecular weight is 278 g/mol. The molecule has 0 unspecified atom stereocenters. The van der Waals surface area contributed by atoms with Gasteiger partial charge in [0.15, 0.2) is 0 Å². The fourth-order valence-electron chi connectivity index (χ4n) is 3.07. The van der Waals surface area contributed by atoms with E-state index in [2.05, 4.69) is 0 Å². The number of ether oxygens (including phenoxy) is 1. The first-order valence-electron chi connectivity index (χ1n) is 7.04. The summed E-state index contributed by atoms with van der Waals surface area (Å²) in [6, 6.07) is 0. The van der Waals surface area contributed by atoms with Crippen molar-refractivity contribution in [3.8, 4) is 0 Å². The van der Waals surface area contributed by atoms with Crippen LogP contribution in [-0.4, -0.2) is 60.4 Å². The Morgan fingerprint density at radius 2 is 1.65 bits per heavy atom. The maximum absolute atomic E-state index is 12.2. The van der Waals surface area contributed by atoms with E-state index in [9.17, 15) is 14.4 Å². The van der Waals surface area contributed by atoms with Gasteiger partial charge in [-0.2, -0.15) is 0 Å². The van der Waals surface area contributed by atoms with Crippen LogP contribution in [0.2, 0.25) is 0 Å². The molecule has 6 nitrogen and oxygen atoms in total. The van der Waals surface area contributed by atoms with Crippen molar-refractivity contribution in [3.05, 3.63) is 12.2 Å². The van der Waals surface area contributed by atoms with E-state index in [-0.39, 0.29) is 36.1 Å². The molecule has 0 radical (unpaired) electrons. The van der Waals surface area contributed by atoms with Crippen LogP contribution in [0.3, 0.4) is 0 Å². The highest BCUT2D eigenvalue weighted by atomic mass is 16.5. The van der Waals surface area contributed by atoms with Crippen LogP contribution >= 0.6 is 0 Å². The van der Waals surface area contributed by atoms with Crippen LogP contribution in [0.4, 0.5) is 0 Å². The van der Waals surface area contributed by atoms with Gasteiger partial charge in [0.1, 0.15) is 6.54 Å². The zero-order valence-corrected chi connectivity index (χ0v) is 11.3. The molecule has 108 valence electrons. The Labute approximate surface area is 117 Å². The van der Waals surface area contributed by atoms with Crippen LogP contribution < -0.4 is 0 Å². The van der Waals surface area contributed by atoms with E-state index in [0.717, 1.165) is 4.90 Å². The summed E-state index contributed by atoms with van der Waals surface area (Å²) in [7, 11) is 0. The minimum absolute atomic E-state index is 0.120. The van der Waals surface area contributed by atoms with Crippen LogP contribution in [-0.2, 0) is 19.1 Å². The number of amides is 3. The molecule has 0 bridgehead atoms. The highest BCUT2D eigenvalue weighted by molar-refractivity contribution is 6.07. The third kappa shape index (κ3) is 2.24. The molecule has 0 N–H and O–H groups in total. The minimum Gasteiger partial charge on any atom is -0.378 e. The van der Waals surface area contributed by atoms with Crippen molar-refractivity contribution in [2.75, 3.05) is 32.8 Å². The molecule has 2 saturated heterocycles. The number of likely N-dealkylation sites (tertiary alicyclic amines) is 1. The zero-order valence-electron chi connectivity index (χ0n) is 11.3. The smallest absolute Gasteiger partial charge is 0.242 e. The third-order valence-electron chi connectivity index (χ3n) is 4.26. The van der Waals surface area contributed by atoms with Gasteiger partial charge < -0.3 is 9.64 Å². The molecule has 0 aromatic carbocycles. The minimum atomic E-state index is -0.259. The van der Waals surface area contributed by atoms with Crippen molar-refractivity contribution >= 4 is 17.7 Å². The molecule has 0 aromatic rings. The number of nitrogens with zero attached hydrogens (tertiary/aromatic N) is 2. The Bertz CT molecular complexity index is 442.